The van der Waals surface area contributed by atoms with E-state index < -0.39 is 0 Å². The van der Waals surface area contributed by atoms with Gasteiger partial charge in [0.25, 0.3) is 0 Å². The van der Waals surface area contributed by atoms with Crippen molar-refractivity contribution in [2.45, 2.75) is 6.54 Å². The van der Waals surface area contributed by atoms with Gasteiger partial charge in [0.15, 0.2) is 11.5 Å². The van der Waals surface area contributed by atoms with Gasteiger partial charge in [0.05, 0.1) is 7.11 Å². The Bertz CT molecular complexity index is 631. The van der Waals surface area contributed by atoms with E-state index in [4.69, 9.17) is 19.9 Å². The van der Waals surface area contributed by atoms with E-state index >= 15 is 0 Å². The second kappa shape index (κ2) is 6.70. The molecule has 2 aromatic carbocycles. The monoisotopic (exact) mass is 307 g/mol. The van der Waals surface area contributed by atoms with Gasteiger partial charge in [-0.05, 0) is 35.4 Å². The highest BCUT2D eigenvalue weighted by molar-refractivity contribution is 5.85. The molecule has 2 N–H and O–H groups in total. The SMILES string of the molecule is COc1ccc(CN)cc1-c1ccc2c(c1)OCCO2.Cl. The van der Waals surface area contributed by atoms with Crippen molar-refractivity contribution >= 4 is 12.4 Å². The van der Waals surface area contributed by atoms with Crippen LogP contribution < -0.4 is 19.9 Å². The van der Waals surface area contributed by atoms with Gasteiger partial charge in [-0.2, -0.15) is 0 Å². The lowest BCUT2D eigenvalue weighted by molar-refractivity contribution is 0.171. The maximum atomic E-state index is 5.71. The number of nitrogens with two attached hydrogens (primary N) is 1. The van der Waals surface area contributed by atoms with Gasteiger partial charge in [0.2, 0.25) is 0 Å². The van der Waals surface area contributed by atoms with Crippen molar-refractivity contribution in [1.29, 1.82) is 0 Å². The van der Waals surface area contributed by atoms with Gasteiger partial charge in [0, 0.05) is 12.1 Å². The summed E-state index contributed by atoms with van der Waals surface area (Å²) in [5.41, 5.74) is 8.82. The Hall–Kier alpha value is -1.91. The lowest BCUT2D eigenvalue weighted by Crippen LogP contribution is -2.15. The van der Waals surface area contributed by atoms with E-state index in [2.05, 4.69) is 0 Å². The van der Waals surface area contributed by atoms with Crippen LogP contribution in [0.15, 0.2) is 36.4 Å². The highest BCUT2D eigenvalue weighted by atomic mass is 35.5. The number of hydrogen-bond donors (Lipinski definition) is 1. The summed E-state index contributed by atoms with van der Waals surface area (Å²) in [4.78, 5) is 0. The molecule has 0 aromatic heterocycles. The predicted molar refractivity (Wildman–Crippen MR) is 84.6 cm³/mol. The third-order valence-corrected chi connectivity index (χ3v) is 3.35. The van der Waals surface area contributed by atoms with Crippen LogP contribution in [0, 0.1) is 0 Å². The zero-order valence-electron chi connectivity index (χ0n) is 11.8. The van der Waals surface area contributed by atoms with E-state index in [1.165, 1.54) is 0 Å². The molecule has 0 amide bonds. The molecule has 112 valence electrons. The zero-order chi connectivity index (χ0) is 13.9. The summed E-state index contributed by atoms with van der Waals surface area (Å²) in [5.74, 6) is 2.38. The first kappa shape index (κ1) is 15.5. The molecular weight excluding hydrogens is 290 g/mol. The Morgan fingerprint density at radius 1 is 1.05 bits per heavy atom. The Balaban J connectivity index is 0.00000161. The number of hydrogen-bond acceptors (Lipinski definition) is 4. The summed E-state index contributed by atoms with van der Waals surface area (Å²) < 4.78 is 16.6. The van der Waals surface area contributed by atoms with Gasteiger partial charge >= 0.3 is 0 Å². The smallest absolute Gasteiger partial charge is 0.161 e. The van der Waals surface area contributed by atoms with Gasteiger partial charge in [-0.1, -0.05) is 12.1 Å². The Kier molecular flexibility index (Phi) is 4.94. The Labute approximate surface area is 130 Å². The molecule has 5 heteroatoms. The lowest BCUT2D eigenvalue weighted by atomic mass is 10.0. The molecule has 0 spiro atoms. The van der Waals surface area contributed by atoms with Gasteiger partial charge in [-0.3, -0.25) is 0 Å². The molecule has 1 aliphatic rings. The molecule has 1 heterocycles. The van der Waals surface area contributed by atoms with E-state index in [-0.39, 0.29) is 12.4 Å². The van der Waals surface area contributed by atoms with Crippen LogP contribution in [-0.2, 0) is 6.54 Å². The van der Waals surface area contributed by atoms with Crippen LogP contribution in [0.5, 0.6) is 17.2 Å². The van der Waals surface area contributed by atoms with Crippen LogP contribution in [0.2, 0.25) is 0 Å². The first-order valence-corrected chi connectivity index (χ1v) is 6.59. The average molecular weight is 308 g/mol. The van der Waals surface area contributed by atoms with E-state index in [1.807, 2.05) is 36.4 Å². The standard InChI is InChI=1S/C16H17NO3.ClH/c1-18-14-4-2-11(10-17)8-13(14)12-3-5-15-16(9-12)20-7-6-19-15;/h2-5,8-9H,6-7,10,17H2,1H3;1H. The lowest BCUT2D eigenvalue weighted by Gasteiger charge is -2.19. The van der Waals surface area contributed by atoms with Crippen molar-refractivity contribution in [2.75, 3.05) is 20.3 Å². The van der Waals surface area contributed by atoms with Crippen LogP contribution in [0.25, 0.3) is 11.1 Å². The average Bonchev–Trinajstić information content (AvgIpc) is 2.53. The van der Waals surface area contributed by atoms with E-state index in [0.717, 1.165) is 33.9 Å². The molecule has 0 aliphatic carbocycles. The van der Waals surface area contributed by atoms with Gasteiger partial charge in [-0.15, -0.1) is 12.4 Å². The summed E-state index contributed by atoms with van der Waals surface area (Å²) in [6.07, 6.45) is 0. The van der Waals surface area contributed by atoms with Crippen LogP contribution in [0.1, 0.15) is 5.56 Å². The highest BCUT2D eigenvalue weighted by Gasteiger charge is 2.14. The van der Waals surface area contributed by atoms with Crippen LogP contribution in [0.3, 0.4) is 0 Å². The zero-order valence-corrected chi connectivity index (χ0v) is 12.6. The molecule has 4 nitrogen and oxygen atoms in total. The molecular formula is C16H18ClNO3. The summed E-state index contributed by atoms with van der Waals surface area (Å²) >= 11 is 0. The highest BCUT2D eigenvalue weighted by Crippen LogP contribution is 2.38. The molecule has 3 rings (SSSR count). The minimum atomic E-state index is 0. The minimum Gasteiger partial charge on any atom is -0.496 e. The minimum absolute atomic E-state index is 0. The fourth-order valence-electron chi connectivity index (χ4n) is 2.32. The number of fused-ring (bicyclic) bond motifs is 1. The van der Waals surface area contributed by atoms with E-state index in [0.29, 0.717) is 19.8 Å². The van der Waals surface area contributed by atoms with Crippen molar-refractivity contribution in [3.8, 4) is 28.4 Å². The second-order valence-electron chi connectivity index (χ2n) is 4.60. The molecule has 0 saturated heterocycles. The predicted octanol–water partition coefficient (Wildman–Crippen LogP) is 3.01. The third-order valence-electron chi connectivity index (χ3n) is 3.35. The molecule has 0 atom stereocenters. The number of ether oxygens (including phenoxy) is 3. The molecule has 0 unspecified atom stereocenters. The number of methoxy groups -OCH3 is 1. The van der Waals surface area contributed by atoms with Crippen molar-refractivity contribution in [1.82, 2.24) is 0 Å². The molecule has 0 radical (unpaired) electrons. The number of halogens is 1. The normalized spacial score (nSPS) is 12.5. The summed E-state index contributed by atoms with van der Waals surface area (Å²) in [6, 6.07) is 11.9. The first-order chi connectivity index (χ1) is 9.81. The topological polar surface area (TPSA) is 53.7 Å². The molecule has 0 fully saturated rings. The maximum absolute atomic E-state index is 5.71. The molecule has 1 aliphatic heterocycles. The fourth-order valence-corrected chi connectivity index (χ4v) is 2.32. The van der Waals surface area contributed by atoms with Gasteiger partial charge in [-0.25, -0.2) is 0 Å². The third kappa shape index (κ3) is 3.06. The fraction of sp³-hybridized carbons (Fsp3) is 0.250. The largest absolute Gasteiger partial charge is 0.496 e. The van der Waals surface area contributed by atoms with Crippen molar-refractivity contribution < 1.29 is 14.2 Å². The first-order valence-electron chi connectivity index (χ1n) is 6.59. The van der Waals surface area contributed by atoms with Crippen LogP contribution in [0.4, 0.5) is 0 Å². The Morgan fingerprint density at radius 2 is 1.81 bits per heavy atom. The van der Waals surface area contributed by atoms with Crippen molar-refractivity contribution in [3.05, 3.63) is 42.0 Å². The molecule has 2 aromatic rings. The molecule has 0 bridgehead atoms. The van der Waals surface area contributed by atoms with Crippen LogP contribution in [-0.4, -0.2) is 20.3 Å². The van der Waals surface area contributed by atoms with Gasteiger partial charge < -0.3 is 19.9 Å². The number of rotatable bonds is 3. The summed E-state index contributed by atoms with van der Waals surface area (Å²) in [6.45, 7) is 1.68. The second-order valence-corrected chi connectivity index (χ2v) is 4.60. The molecule has 21 heavy (non-hydrogen) atoms. The van der Waals surface area contributed by atoms with Crippen molar-refractivity contribution in [3.63, 3.8) is 0 Å². The molecule has 0 saturated carbocycles. The number of benzene rings is 2. The quantitative estimate of drug-likeness (QED) is 0.947. The van der Waals surface area contributed by atoms with E-state index in [9.17, 15) is 0 Å². The van der Waals surface area contributed by atoms with Gasteiger partial charge in [0.1, 0.15) is 19.0 Å². The van der Waals surface area contributed by atoms with Crippen molar-refractivity contribution in [2.24, 2.45) is 5.73 Å². The Morgan fingerprint density at radius 3 is 2.52 bits per heavy atom. The summed E-state index contributed by atoms with van der Waals surface area (Å²) in [7, 11) is 1.67. The maximum Gasteiger partial charge on any atom is 0.161 e. The summed E-state index contributed by atoms with van der Waals surface area (Å²) in [5, 5.41) is 0. The van der Waals surface area contributed by atoms with E-state index in [1.54, 1.807) is 7.11 Å². The van der Waals surface area contributed by atoms with Crippen LogP contribution >= 0.6 is 12.4 Å².